The van der Waals surface area contributed by atoms with Crippen LogP contribution in [0.2, 0.25) is 0 Å². The third-order valence-electron chi connectivity index (χ3n) is 3.35. The van der Waals surface area contributed by atoms with Crippen LogP contribution in [-0.4, -0.2) is 19.3 Å². The van der Waals surface area contributed by atoms with Gasteiger partial charge in [-0.25, -0.2) is 0 Å². The summed E-state index contributed by atoms with van der Waals surface area (Å²) in [6, 6.07) is 3.64. The molecule has 1 N–H and O–H groups in total. The molecule has 1 aliphatic rings. The number of alkyl halides is 3. The van der Waals surface area contributed by atoms with Crippen molar-refractivity contribution in [3.05, 3.63) is 28.2 Å². The maximum Gasteiger partial charge on any atom is 0.416 e. The van der Waals surface area contributed by atoms with Gasteiger partial charge in [0.15, 0.2) is 0 Å². The Balaban J connectivity index is 1.86. The van der Waals surface area contributed by atoms with E-state index >= 15 is 0 Å². The molecule has 1 atom stereocenters. The average molecular weight is 352 g/mol. The van der Waals surface area contributed by atoms with Crippen molar-refractivity contribution < 1.29 is 17.9 Å². The zero-order valence-corrected chi connectivity index (χ0v) is 12.6. The van der Waals surface area contributed by atoms with Crippen molar-refractivity contribution in [1.29, 1.82) is 0 Å². The van der Waals surface area contributed by atoms with Gasteiger partial charge in [-0.15, -0.1) is 0 Å². The SMILES string of the molecule is FC(F)(F)c1ccc(NCCC2CCCCO2)c(Br)c1. The number of hydrogen-bond acceptors (Lipinski definition) is 2. The maximum absolute atomic E-state index is 12.5. The van der Waals surface area contributed by atoms with Crippen LogP contribution in [0.3, 0.4) is 0 Å². The van der Waals surface area contributed by atoms with Crippen LogP contribution in [0.25, 0.3) is 0 Å². The second-order valence-electron chi connectivity index (χ2n) is 4.90. The molecule has 6 heteroatoms. The van der Waals surface area contributed by atoms with E-state index in [-0.39, 0.29) is 6.10 Å². The molecular weight excluding hydrogens is 335 g/mol. The lowest BCUT2D eigenvalue weighted by Gasteiger charge is -2.22. The van der Waals surface area contributed by atoms with Crippen LogP contribution in [-0.2, 0) is 10.9 Å². The van der Waals surface area contributed by atoms with Crippen LogP contribution in [0.4, 0.5) is 18.9 Å². The molecule has 112 valence electrons. The van der Waals surface area contributed by atoms with E-state index in [4.69, 9.17) is 4.74 Å². The minimum Gasteiger partial charge on any atom is -0.384 e. The van der Waals surface area contributed by atoms with Gasteiger partial charge < -0.3 is 10.1 Å². The summed E-state index contributed by atoms with van der Waals surface area (Å²) < 4.78 is 43.6. The van der Waals surface area contributed by atoms with Gasteiger partial charge in [-0.2, -0.15) is 13.2 Å². The average Bonchev–Trinajstić information content (AvgIpc) is 2.40. The van der Waals surface area contributed by atoms with E-state index < -0.39 is 11.7 Å². The van der Waals surface area contributed by atoms with E-state index in [2.05, 4.69) is 21.2 Å². The predicted molar refractivity (Wildman–Crippen MR) is 75.8 cm³/mol. The zero-order valence-electron chi connectivity index (χ0n) is 11.0. The van der Waals surface area contributed by atoms with E-state index in [1.807, 2.05) is 0 Å². The summed E-state index contributed by atoms with van der Waals surface area (Å²) in [6.07, 6.45) is 0.202. The van der Waals surface area contributed by atoms with Gasteiger partial charge in [0.05, 0.1) is 11.7 Å². The Morgan fingerprint density at radius 2 is 2.10 bits per heavy atom. The lowest BCUT2D eigenvalue weighted by molar-refractivity contribution is -0.137. The molecule has 0 aromatic heterocycles. The first-order valence-corrected chi connectivity index (χ1v) is 7.48. The largest absolute Gasteiger partial charge is 0.416 e. The lowest BCUT2D eigenvalue weighted by Crippen LogP contribution is -2.22. The molecular formula is C14H17BrF3NO. The quantitative estimate of drug-likeness (QED) is 0.837. The highest BCUT2D eigenvalue weighted by atomic mass is 79.9. The minimum absolute atomic E-state index is 0.268. The van der Waals surface area contributed by atoms with Crippen molar-refractivity contribution in [2.75, 3.05) is 18.5 Å². The van der Waals surface area contributed by atoms with Crippen molar-refractivity contribution in [1.82, 2.24) is 0 Å². The second kappa shape index (κ2) is 6.80. The Hall–Kier alpha value is -0.750. The van der Waals surface area contributed by atoms with Gasteiger partial charge in [0.2, 0.25) is 0 Å². The topological polar surface area (TPSA) is 21.3 Å². The molecule has 20 heavy (non-hydrogen) atoms. The van der Waals surface area contributed by atoms with Gasteiger partial charge in [0.25, 0.3) is 0 Å². The fraction of sp³-hybridized carbons (Fsp3) is 0.571. The van der Waals surface area contributed by atoms with Gasteiger partial charge in [-0.1, -0.05) is 0 Å². The Morgan fingerprint density at radius 1 is 1.30 bits per heavy atom. The lowest BCUT2D eigenvalue weighted by atomic mass is 10.1. The molecule has 1 unspecified atom stereocenters. The first-order valence-electron chi connectivity index (χ1n) is 6.69. The highest BCUT2D eigenvalue weighted by molar-refractivity contribution is 9.10. The van der Waals surface area contributed by atoms with Crippen molar-refractivity contribution in [2.45, 2.75) is 38.0 Å². The van der Waals surface area contributed by atoms with E-state index in [1.165, 1.54) is 12.5 Å². The number of nitrogens with one attached hydrogen (secondary N) is 1. The van der Waals surface area contributed by atoms with E-state index in [0.717, 1.165) is 38.0 Å². The summed E-state index contributed by atoms with van der Waals surface area (Å²) >= 11 is 3.17. The molecule has 0 spiro atoms. The molecule has 1 heterocycles. The Bertz CT molecular complexity index is 445. The van der Waals surface area contributed by atoms with Gasteiger partial charge in [0.1, 0.15) is 0 Å². The van der Waals surface area contributed by atoms with E-state index in [1.54, 1.807) is 0 Å². The van der Waals surface area contributed by atoms with Crippen molar-refractivity contribution in [3.8, 4) is 0 Å². The normalized spacial score (nSPS) is 19.9. The van der Waals surface area contributed by atoms with Gasteiger partial charge in [0, 0.05) is 23.3 Å². The second-order valence-corrected chi connectivity index (χ2v) is 5.75. The first kappa shape index (κ1) is 15.6. The molecule has 2 nitrogen and oxygen atoms in total. The van der Waals surface area contributed by atoms with Crippen LogP contribution < -0.4 is 5.32 Å². The molecule has 1 saturated heterocycles. The molecule has 1 fully saturated rings. The number of halogens is 4. The number of ether oxygens (including phenoxy) is 1. The zero-order chi connectivity index (χ0) is 14.6. The molecule has 0 bridgehead atoms. The molecule has 0 saturated carbocycles. The van der Waals surface area contributed by atoms with Crippen molar-refractivity contribution >= 4 is 21.6 Å². The van der Waals surface area contributed by atoms with Gasteiger partial charge in [-0.3, -0.25) is 0 Å². The van der Waals surface area contributed by atoms with Crippen molar-refractivity contribution in [3.63, 3.8) is 0 Å². The molecule has 1 aliphatic heterocycles. The molecule has 0 amide bonds. The third kappa shape index (κ3) is 4.38. The summed E-state index contributed by atoms with van der Waals surface area (Å²) in [7, 11) is 0. The van der Waals surface area contributed by atoms with Crippen molar-refractivity contribution in [2.24, 2.45) is 0 Å². The number of benzene rings is 1. The monoisotopic (exact) mass is 351 g/mol. The summed E-state index contributed by atoms with van der Waals surface area (Å²) in [5, 5.41) is 3.14. The standard InChI is InChI=1S/C14H17BrF3NO/c15-12-9-10(14(16,17)18)4-5-13(12)19-7-6-11-3-1-2-8-20-11/h4-5,9,11,19H,1-3,6-8H2. The van der Waals surface area contributed by atoms with Gasteiger partial charge in [-0.05, 0) is 59.8 Å². The van der Waals surface area contributed by atoms with Crippen LogP contribution in [0.5, 0.6) is 0 Å². The first-order chi connectivity index (χ1) is 9.47. The number of anilines is 1. The Morgan fingerprint density at radius 3 is 2.70 bits per heavy atom. The predicted octanol–water partition coefficient (Wildman–Crippen LogP) is 4.84. The Labute approximate surface area is 124 Å². The summed E-state index contributed by atoms with van der Waals surface area (Å²) in [4.78, 5) is 0. The summed E-state index contributed by atoms with van der Waals surface area (Å²) in [5.74, 6) is 0. The number of rotatable bonds is 4. The smallest absolute Gasteiger partial charge is 0.384 e. The van der Waals surface area contributed by atoms with Crippen LogP contribution in [0, 0.1) is 0 Å². The maximum atomic E-state index is 12.5. The third-order valence-corrected chi connectivity index (χ3v) is 4.01. The fourth-order valence-corrected chi connectivity index (χ4v) is 2.76. The number of hydrogen-bond donors (Lipinski definition) is 1. The van der Waals surface area contributed by atoms with Gasteiger partial charge >= 0.3 is 6.18 Å². The van der Waals surface area contributed by atoms with Crippen LogP contribution in [0.1, 0.15) is 31.2 Å². The fourth-order valence-electron chi connectivity index (χ4n) is 2.24. The van der Waals surface area contributed by atoms with E-state index in [0.29, 0.717) is 16.7 Å². The highest BCUT2D eigenvalue weighted by Gasteiger charge is 2.30. The molecule has 2 rings (SSSR count). The molecule has 1 aromatic carbocycles. The molecule has 1 aromatic rings. The van der Waals surface area contributed by atoms with Crippen LogP contribution >= 0.6 is 15.9 Å². The highest BCUT2D eigenvalue weighted by Crippen LogP contribution is 2.33. The van der Waals surface area contributed by atoms with E-state index in [9.17, 15) is 13.2 Å². The molecule has 0 radical (unpaired) electrons. The summed E-state index contributed by atoms with van der Waals surface area (Å²) in [5.41, 5.74) is 0.0272. The van der Waals surface area contributed by atoms with Crippen LogP contribution in [0.15, 0.2) is 22.7 Å². The molecule has 0 aliphatic carbocycles. The minimum atomic E-state index is -4.31. The Kier molecular flexibility index (Phi) is 5.32. The summed E-state index contributed by atoms with van der Waals surface area (Å²) in [6.45, 7) is 1.50.